The number of guanidine groups is 1. The van der Waals surface area contributed by atoms with Crippen LogP contribution in [-0.4, -0.2) is 51.2 Å². The summed E-state index contributed by atoms with van der Waals surface area (Å²) in [6, 6.07) is 8.51. The summed E-state index contributed by atoms with van der Waals surface area (Å²) in [5, 5.41) is 3.39. The van der Waals surface area contributed by atoms with Gasteiger partial charge in [0.25, 0.3) is 0 Å². The van der Waals surface area contributed by atoms with Crippen LogP contribution in [0.5, 0.6) is 0 Å². The smallest absolute Gasteiger partial charge is 0.193 e. The Kier molecular flexibility index (Phi) is 9.36. The summed E-state index contributed by atoms with van der Waals surface area (Å²) in [7, 11) is -1.55. The first-order chi connectivity index (χ1) is 11.9. The number of likely N-dealkylation sites (tertiary alicyclic amines) is 1. The summed E-state index contributed by atoms with van der Waals surface area (Å²) in [4.78, 5) is 7.05. The van der Waals surface area contributed by atoms with Gasteiger partial charge in [-0.25, -0.2) is 8.42 Å². The van der Waals surface area contributed by atoms with Crippen LogP contribution in [0, 0.1) is 11.8 Å². The lowest BCUT2D eigenvalue weighted by molar-refractivity contribution is 0.207. The molecule has 2 rings (SSSR count). The highest BCUT2D eigenvalue weighted by atomic mass is 127. The maximum Gasteiger partial charge on any atom is 0.193 e. The van der Waals surface area contributed by atoms with Crippen LogP contribution in [0.1, 0.15) is 33.6 Å². The standard InChI is InChI=1S/C19H31N3O2S.HI/c1-5-17(14-25(23,24)18-9-7-6-8-10-18)21-19(20-4)22-12-15(2)11-16(3)13-22;/h6-10,15-17H,5,11-14H2,1-4H3,(H,20,21);1H. The summed E-state index contributed by atoms with van der Waals surface area (Å²) >= 11 is 0. The summed E-state index contributed by atoms with van der Waals surface area (Å²) in [6.45, 7) is 8.45. The Morgan fingerprint density at radius 1 is 1.23 bits per heavy atom. The van der Waals surface area contributed by atoms with Gasteiger partial charge < -0.3 is 10.2 Å². The molecule has 1 aromatic rings. The van der Waals surface area contributed by atoms with Crippen LogP contribution in [0.25, 0.3) is 0 Å². The van der Waals surface area contributed by atoms with Gasteiger partial charge in [0.15, 0.2) is 15.8 Å². The molecule has 0 bridgehead atoms. The molecule has 148 valence electrons. The molecule has 0 aromatic heterocycles. The van der Waals surface area contributed by atoms with E-state index in [0.29, 0.717) is 16.7 Å². The normalized spacial score (nSPS) is 22.5. The highest BCUT2D eigenvalue weighted by Gasteiger charge is 2.27. The van der Waals surface area contributed by atoms with Gasteiger partial charge in [-0.1, -0.05) is 39.0 Å². The minimum atomic E-state index is -3.31. The van der Waals surface area contributed by atoms with E-state index in [1.165, 1.54) is 6.42 Å². The molecular weight excluding hydrogens is 461 g/mol. The van der Waals surface area contributed by atoms with Crippen LogP contribution < -0.4 is 5.32 Å². The number of sulfone groups is 1. The molecule has 0 amide bonds. The second-order valence-electron chi connectivity index (χ2n) is 7.24. The Morgan fingerprint density at radius 3 is 2.31 bits per heavy atom. The third kappa shape index (κ3) is 6.40. The fraction of sp³-hybridized carbons (Fsp3) is 0.632. The Bertz CT molecular complexity index is 669. The SMILES string of the molecule is CCC(CS(=O)(=O)c1ccccc1)NC(=NC)N1CC(C)CC(C)C1.I. The van der Waals surface area contributed by atoms with Gasteiger partial charge in [-0.3, -0.25) is 4.99 Å². The van der Waals surface area contributed by atoms with Gasteiger partial charge in [0, 0.05) is 26.2 Å². The molecule has 1 aromatic carbocycles. The number of nitrogens with one attached hydrogen (secondary N) is 1. The van der Waals surface area contributed by atoms with Gasteiger partial charge in [0.1, 0.15) is 0 Å². The molecule has 5 nitrogen and oxygen atoms in total. The molecular formula is C19H32IN3O2S. The van der Waals surface area contributed by atoms with Crippen molar-refractivity contribution in [1.29, 1.82) is 0 Å². The minimum Gasteiger partial charge on any atom is -0.352 e. The average molecular weight is 493 g/mol. The molecule has 0 spiro atoms. The summed E-state index contributed by atoms with van der Waals surface area (Å²) < 4.78 is 25.3. The van der Waals surface area contributed by atoms with Crippen molar-refractivity contribution in [1.82, 2.24) is 10.2 Å². The van der Waals surface area contributed by atoms with Crippen molar-refractivity contribution in [2.75, 3.05) is 25.9 Å². The van der Waals surface area contributed by atoms with Crippen LogP contribution in [0.3, 0.4) is 0 Å². The Morgan fingerprint density at radius 2 is 1.81 bits per heavy atom. The molecule has 0 radical (unpaired) electrons. The van der Waals surface area contributed by atoms with Gasteiger partial charge in [-0.15, -0.1) is 24.0 Å². The van der Waals surface area contributed by atoms with E-state index in [-0.39, 0.29) is 35.8 Å². The molecule has 3 unspecified atom stereocenters. The molecule has 1 aliphatic rings. The quantitative estimate of drug-likeness (QED) is 0.388. The van der Waals surface area contributed by atoms with Crippen LogP contribution in [0.4, 0.5) is 0 Å². The Balaban J connectivity index is 0.00000338. The fourth-order valence-electron chi connectivity index (χ4n) is 3.57. The van der Waals surface area contributed by atoms with E-state index in [9.17, 15) is 8.42 Å². The Hall–Kier alpha value is -0.830. The fourth-order valence-corrected chi connectivity index (χ4v) is 5.18. The molecule has 26 heavy (non-hydrogen) atoms. The summed E-state index contributed by atoms with van der Waals surface area (Å²) in [5.74, 6) is 2.13. The molecule has 0 aliphatic carbocycles. The largest absolute Gasteiger partial charge is 0.352 e. The van der Waals surface area contributed by atoms with Crippen molar-refractivity contribution in [2.24, 2.45) is 16.8 Å². The maximum atomic E-state index is 12.7. The zero-order valence-corrected chi connectivity index (χ0v) is 19.3. The van der Waals surface area contributed by atoms with Gasteiger partial charge >= 0.3 is 0 Å². The molecule has 3 atom stereocenters. The molecule has 1 saturated heterocycles. The van der Waals surface area contributed by atoms with Crippen molar-refractivity contribution >= 4 is 39.8 Å². The van der Waals surface area contributed by atoms with E-state index in [4.69, 9.17) is 0 Å². The van der Waals surface area contributed by atoms with E-state index < -0.39 is 9.84 Å². The number of hydrogen-bond acceptors (Lipinski definition) is 3. The van der Waals surface area contributed by atoms with Crippen molar-refractivity contribution in [3.8, 4) is 0 Å². The maximum absolute atomic E-state index is 12.7. The molecule has 0 saturated carbocycles. The van der Waals surface area contributed by atoms with Gasteiger partial charge in [-0.05, 0) is 36.8 Å². The lowest BCUT2D eigenvalue weighted by atomic mass is 9.92. The molecule has 7 heteroatoms. The number of piperidine rings is 1. The molecule has 1 heterocycles. The van der Waals surface area contributed by atoms with E-state index >= 15 is 0 Å². The summed E-state index contributed by atoms with van der Waals surface area (Å²) in [5.41, 5.74) is 0. The number of halogens is 1. The van der Waals surface area contributed by atoms with Crippen molar-refractivity contribution in [3.05, 3.63) is 30.3 Å². The molecule has 1 fully saturated rings. The predicted octanol–water partition coefficient (Wildman–Crippen LogP) is 3.41. The molecule has 1 aliphatic heterocycles. The highest BCUT2D eigenvalue weighted by molar-refractivity contribution is 14.0. The second-order valence-corrected chi connectivity index (χ2v) is 9.28. The number of hydrogen-bond donors (Lipinski definition) is 1. The second kappa shape index (κ2) is 10.5. The van der Waals surface area contributed by atoms with Crippen molar-refractivity contribution in [3.63, 3.8) is 0 Å². The van der Waals surface area contributed by atoms with Crippen LogP contribution in [0.15, 0.2) is 40.2 Å². The van der Waals surface area contributed by atoms with E-state index in [1.807, 2.05) is 13.0 Å². The van der Waals surface area contributed by atoms with Gasteiger partial charge in [0.2, 0.25) is 0 Å². The van der Waals surface area contributed by atoms with E-state index in [2.05, 4.69) is 29.1 Å². The third-order valence-electron chi connectivity index (χ3n) is 4.73. The van der Waals surface area contributed by atoms with Crippen LogP contribution >= 0.6 is 24.0 Å². The lowest BCUT2D eigenvalue weighted by Gasteiger charge is -2.38. The number of aliphatic imine (C=N–C) groups is 1. The van der Waals surface area contributed by atoms with Crippen LogP contribution in [-0.2, 0) is 9.84 Å². The zero-order valence-electron chi connectivity index (χ0n) is 16.2. The molecule has 1 N–H and O–H groups in total. The third-order valence-corrected chi connectivity index (χ3v) is 6.56. The van der Waals surface area contributed by atoms with E-state index in [1.54, 1.807) is 31.3 Å². The summed E-state index contributed by atoms with van der Waals surface area (Å²) in [6.07, 6.45) is 1.96. The highest BCUT2D eigenvalue weighted by Crippen LogP contribution is 2.21. The predicted molar refractivity (Wildman–Crippen MR) is 119 cm³/mol. The Labute approximate surface area is 175 Å². The monoisotopic (exact) mass is 493 g/mol. The lowest BCUT2D eigenvalue weighted by Crippen LogP contribution is -2.52. The van der Waals surface area contributed by atoms with Gasteiger partial charge in [0.05, 0.1) is 10.6 Å². The first-order valence-corrected chi connectivity index (χ1v) is 10.8. The minimum absolute atomic E-state index is 0. The number of benzene rings is 1. The van der Waals surface area contributed by atoms with Gasteiger partial charge in [-0.2, -0.15) is 0 Å². The number of nitrogens with zero attached hydrogens (tertiary/aromatic N) is 2. The first kappa shape index (κ1) is 23.2. The van der Waals surface area contributed by atoms with Crippen molar-refractivity contribution < 1.29 is 8.42 Å². The average Bonchev–Trinajstić information content (AvgIpc) is 2.58. The zero-order chi connectivity index (χ0) is 18.4. The first-order valence-electron chi connectivity index (χ1n) is 9.11. The van der Waals surface area contributed by atoms with Crippen LogP contribution in [0.2, 0.25) is 0 Å². The topological polar surface area (TPSA) is 61.8 Å². The number of rotatable bonds is 5. The van der Waals surface area contributed by atoms with Crippen molar-refractivity contribution in [2.45, 2.75) is 44.6 Å². The van der Waals surface area contributed by atoms with E-state index in [0.717, 1.165) is 25.5 Å².